The summed E-state index contributed by atoms with van der Waals surface area (Å²) in [6, 6.07) is 5.31. The number of rotatable bonds is 7. The molecule has 2 aromatic heterocycles. The van der Waals surface area contributed by atoms with Gasteiger partial charge in [0, 0.05) is 38.4 Å². The van der Waals surface area contributed by atoms with Crippen LogP contribution in [0.1, 0.15) is 11.4 Å². The highest BCUT2D eigenvalue weighted by Crippen LogP contribution is 2.19. The molecule has 196 valence electrons. The number of aliphatic carboxylic acids is 1. The van der Waals surface area contributed by atoms with Crippen molar-refractivity contribution in [2.24, 2.45) is 0 Å². The minimum absolute atomic E-state index is 0.0242. The van der Waals surface area contributed by atoms with Crippen LogP contribution in [0.3, 0.4) is 0 Å². The topological polar surface area (TPSA) is 195 Å². The van der Waals surface area contributed by atoms with Gasteiger partial charge in [-0.25, -0.2) is 18.4 Å². The van der Waals surface area contributed by atoms with Crippen molar-refractivity contribution in [2.45, 2.75) is 18.0 Å². The maximum absolute atomic E-state index is 13.1. The van der Waals surface area contributed by atoms with Crippen molar-refractivity contribution in [3.8, 4) is 6.07 Å². The molecule has 2 fully saturated rings. The molecule has 0 spiro atoms. The molecule has 0 aliphatic carbocycles. The lowest BCUT2D eigenvalue weighted by atomic mass is 10.2. The van der Waals surface area contributed by atoms with E-state index in [0.29, 0.717) is 31.3 Å². The van der Waals surface area contributed by atoms with Crippen LogP contribution in [0.25, 0.3) is 0 Å². The van der Waals surface area contributed by atoms with Gasteiger partial charge in [0.25, 0.3) is 10.0 Å². The standard InChI is InChI=1S/C21H25N9O6S/c1-14-10-15(11-22)24-21(23-14)28-4-6-30(7-5-28)37(34,35)18-3-2-17(26-27-18)25-20(33)16-13-36-9-8-29(16)12-19(31)32/h2-3,10,16H,4-9,12-13H2,1H3,(H,31,32)(H,25,26,33)/t16-/m0/s1. The fourth-order valence-corrected chi connectivity index (χ4v) is 5.28. The molecule has 2 saturated heterocycles. The van der Waals surface area contributed by atoms with Crippen LogP contribution in [-0.4, -0.2) is 113 Å². The number of hydrogen-bond acceptors (Lipinski definition) is 12. The zero-order chi connectivity index (χ0) is 26.6. The molecule has 15 nitrogen and oxygen atoms in total. The minimum Gasteiger partial charge on any atom is -0.480 e. The summed E-state index contributed by atoms with van der Waals surface area (Å²) in [5, 5.41) is 28.1. The van der Waals surface area contributed by atoms with E-state index in [0.717, 1.165) is 0 Å². The van der Waals surface area contributed by atoms with Crippen LogP contribution in [0.15, 0.2) is 23.2 Å². The van der Waals surface area contributed by atoms with E-state index in [1.807, 2.05) is 11.0 Å². The number of aryl methyl sites for hydroxylation is 1. The van der Waals surface area contributed by atoms with Crippen molar-refractivity contribution in [2.75, 3.05) is 62.7 Å². The molecule has 2 aromatic rings. The lowest BCUT2D eigenvalue weighted by Gasteiger charge is -2.33. The molecule has 4 rings (SSSR count). The summed E-state index contributed by atoms with van der Waals surface area (Å²) in [5.41, 5.74) is 0.885. The molecule has 37 heavy (non-hydrogen) atoms. The van der Waals surface area contributed by atoms with Crippen molar-refractivity contribution in [1.82, 2.24) is 29.4 Å². The number of morpholine rings is 1. The lowest BCUT2D eigenvalue weighted by Crippen LogP contribution is -2.53. The van der Waals surface area contributed by atoms with Gasteiger partial charge >= 0.3 is 5.97 Å². The predicted molar refractivity (Wildman–Crippen MR) is 127 cm³/mol. The van der Waals surface area contributed by atoms with Crippen LogP contribution in [0, 0.1) is 18.3 Å². The van der Waals surface area contributed by atoms with Crippen LogP contribution in [0.2, 0.25) is 0 Å². The van der Waals surface area contributed by atoms with Crippen LogP contribution in [-0.2, 0) is 24.3 Å². The van der Waals surface area contributed by atoms with Crippen LogP contribution in [0.5, 0.6) is 0 Å². The molecule has 0 saturated carbocycles. The molecule has 1 atom stereocenters. The van der Waals surface area contributed by atoms with Crippen LogP contribution < -0.4 is 10.2 Å². The molecule has 4 heterocycles. The molecule has 1 amide bonds. The van der Waals surface area contributed by atoms with Gasteiger partial charge < -0.3 is 20.1 Å². The summed E-state index contributed by atoms with van der Waals surface area (Å²) in [6.45, 7) is 3.03. The van der Waals surface area contributed by atoms with Gasteiger partial charge in [0.05, 0.1) is 19.8 Å². The average molecular weight is 532 g/mol. The smallest absolute Gasteiger partial charge is 0.317 e. The quantitative estimate of drug-likeness (QED) is 0.427. The Kier molecular flexibility index (Phi) is 7.88. The van der Waals surface area contributed by atoms with E-state index in [4.69, 9.17) is 15.1 Å². The second kappa shape index (κ2) is 11.1. The fourth-order valence-electron chi connectivity index (χ4n) is 3.99. The van der Waals surface area contributed by atoms with E-state index in [1.165, 1.54) is 21.3 Å². The van der Waals surface area contributed by atoms with E-state index in [9.17, 15) is 18.0 Å². The van der Waals surface area contributed by atoms with E-state index in [2.05, 4.69) is 25.5 Å². The largest absolute Gasteiger partial charge is 0.480 e. The second-order valence-corrected chi connectivity index (χ2v) is 10.3. The number of amides is 1. The molecule has 0 bridgehead atoms. The van der Waals surface area contributed by atoms with Gasteiger partial charge in [-0.05, 0) is 25.1 Å². The maximum Gasteiger partial charge on any atom is 0.317 e. The van der Waals surface area contributed by atoms with Crippen molar-refractivity contribution in [1.29, 1.82) is 5.26 Å². The number of nitriles is 1. The van der Waals surface area contributed by atoms with Gasteiger partial charge in [-0.1, -0.05) is 0 Å². The SMILES string of the molecule is Cc1cc(C#N)nc(N2CCN(S(=O)(=O)c3ccc(NC(=O)[C@@H]4COCCN4CC(=O)O)nn3)CC2)n1. The number of aromatic nitrogens is 4. The van der Waals surface area contributed by atoms with Gasteiger partial charge in [0.1, 0.15) is 17.8 Å². The van der Waals surface area contributed by atoms with Gasteiger partial charge in [0.15, 0.2) is 10.8 Å². The number of hydrogen-bond donors (Lipinski definition) is 2. The third-order valence-electron chi connectivity index (χ3n) is 5.85. The van der Waals surface area contributed by atoms with Crippen LogP contribution in [0.4, 0.5) is 11.8 Å². The number of carboxylic acids is 1. The number of sulfonamides is 1. The molecule has 2 aliphatic heterocycles. The number of piperazine rings is 1. The molecule has 0 aromatic carbocycles. The van der Waals surface area contributed by atoms with Crippen LogP contribution >= 0.6 is 0 Å². The Morgan fingerprint density at radius 1 is 1.19 bits per heavy atom. The van der Waals surface area contributed by atoms with Crippen molar-refractivity contribution in [3.05, 3.63) is 29.6 Å². The molecule has 2 aliphatic rings. The predicted octanol–water partition coefficient (Wildman–Crippen LogP) is -1.32. The zero-order valence-corrected chi connectivity index (χ0v) is 20.8. The van der Waals surface area contributed by atoms with Gasteiger partial charge in [-0.15, -0.1) is 10.2 Å². The summed E-state index contributed by atoms with van der Waals surface area (Å²) < 4.78 is 32.7. The Labute approximate surface area is 212 Å². The first-order valence-corrected chi connectivity index (χ1v) is 12.8. The lowest BCUT2D eigenvalue weighted by molar-refractivity contribution is -0.142. The summed E-state index contributed by atoms with van der Waals surface area (Å²) in [7, 11) is -3.94. The first kappa shape index (κ1) is 26.3. The number of nitrogens with zero attached hydrogens (tertiary/aromatic N) is 8. The average Bonchev–Trinajstić information content (AvgIpc) is 2.88. The van der Waals surface area contributed by atoms with Gasteiger partial charge in [-0.2, -0.15) is 9.57 Å². The van der Waals surface area contributed by atoms with E-state index in [-0.39, 0.29) is 49.3 Å². The second-order valence-electron chi connectivity index (χ2n) is 8.40. The maximum atomic E-state index is 13.1. The summed E-state index contributed by atoms with van der Waals surface area (Å²) in [6.07, 6.45) is 0. The number of carbonyl (C=O) groups excluding carboxylic acids is 1. The molecular formula is C21H25N9O6S. The van der Waals surface area contributed by atoms with Crippen molar-refractivity contribution < 1.29 is 27.9 Å². The zero-order valence-electron chi connectivity index (χ0n) is 19.9. The van der Waals surface area contributed by atoms with Crippen molar-refractivity contribution in [3.63, 3.8) is 0 Å². The summed E-state index contributed by atoms with van der Waals surface area (Å²) >= 11 is 0. The van der Waals surface area contributed by atoms with Gasteiger partial charge in [-0.3, -0.25) is 14.5 Å². The third-order valence-corrected chi connectivity index (χ3v) is 7.65. The Hall–Kier alpha value is -3.78. The fraction of sp³-hybridized carbons (Fsp3) is 0.476. The van der Waals surface area contributed by atoms with E-state index >= 15 is 0 Å². The Balaban J connectivity index is 1.38. The monoisotopic (exact) mass is 531 g/mol. The first-order chi connectivity index (χ1) is 17.7. The molecule has 0 unspecified atom stereocenters. The molecule has 2 N–H and O–H groups in total. The highest BCUT2D eigenvalue weighted by Gasteiger charge is 2.33. The molecular weight excluding hydrogens is 506 g/mol. The number of carbonyl (C=O) groups is 2. The Bertz CT molecular complexity index is 1310. The molecule has 0 radical (unpaired) electrons. The number of ether oxygens (including phenoxy) is 1. The van der Waals surface area contributed by atoms with Gasteiger partial charge in [0.2, 0.25) is 11.9 Å². The summed E-state index contributed by atoms with van der Waals surface area (Å²) in [4.78, 5) is 35.5. The number of nitrogens with one attached hydrogen (secondary N) is 1. The third kappa shape index (κ3) is 6.14. The highest BCUT2D eigenvalue weighted by atomic mass is 32.2. The van der Waals surface area contributed by atoms with E-state index < -0.39 is 27.9 Å². The van der Waals surface area contributed by atoms with E-state index in [1.54, 1.807) is 13.0 Å². The highest BCUT2D eigenvalue weighted by molar-refractivity contribution is 7.89. The first-order valence-electron chi connectivity index (χ1n) is 11.4. The minimum atomic E-state index is -3.94. The summed E-state index contributed by atoms with van der Waals surface area (Å²) in [5.74, 6) is -1.19. The normalized spacial score (nSPS) is 19.2. The van der Waals surface area contributed by atoms with Crippen molar-refractivity contribution >= 4 is 33.7 Å². The molecule has 16 heteroatoms. The number of carboxylic acid groups (broad SMARTS) is 1. The number of anilines is 2. The Morgan fingerprint density at radius 2 is 1.95 bits per heavy atom. The Morgan fingerprint density at radius 3 is 2.59 bits per heavy atom.